The molecule has 0 aromatic rings. The highest BCUT2D eigenvalue weighted by atomic mass is 19.1. The van der Waals surface area contributed by atoms with E-state index >= 15 is 0 Å². The van der Waals surface area contributed by atoms with Gasteiger partial charge < -0.3 is 0 Å². The Bertz CT molecular complexity index is 257. The van der Waals surface area contributed by atoms with Gasteiger partial charge in [0.15, 0.2) is 0 Å². The fourth-order valence-corrected chi connectivity index (χ4v) is 4.73. The fraction of sp³-hybridized carbons (Fsp3) is 1.00. The van der Waals surface area contributed by atoms with Crippen molar-refractivity contribution in [2.75, 3.05) is 0 Å². The Balaban J connectivity index is 1.72. The van der Waals surface area contributed by atoms with Crippen molar-refractivity contribution >= 4 is 0 Å². The molecule has 0 aromatic carbocycles. The van der Waals surface area contributed by atoms with Crippen molar-refractivity contribution in [2.24, 2.45) is 17.8 Å². The average Bonchev–Trinajstić information content (AvgIpc) is 2.47. The van der Waals surface area contributed by atoms with Gasteiger partial charge in [-0.15, -0.1) is 0 Å². The number of rotatable bonds is 6. The molecule has 0 aliphatic heterocycles. The molecule has 2 saturated carbocycles. The Morgan fingerprint density at radius 3 is 2.00 bits per heavy atom. The molecule has 0 radical (unpaired) electrons. The van der Waals surface area contributed by atoms with E-state index < -0.39 is 5.67 Å². The van der Waals surface area contributed by atoms with Crippen LogP contribution in [-0.4, -0.2) is 5.67 Å². The molecular weight excluding hydrogens is 247 g/mol. The van der Waals surface area contributed by atoms with Gasteiger partial charge >= 0.3 is 0 Å². The molecule has 2 rings (SSSR count). The average molecular weight is 282 g/mol. The second-order valence-electron chi connectivity index (χ2n) is 7.66. The van der Waals surface area contributed by atoms with E-state index in [1.165, 1.54) is 51.4 Å². The number of hydrogen-bond donors (Lipinski definition) is 0. The van der Waals surface area contributed by atoms with Crippen molar-refractivity contribution in [3.63, 3.8) is 0 Å². The number of alkyl halides is 1. The van der Waals surface area contributed by atoms with Crippen LogP contribution in [-0.2, 0) is 0 Å². The number of halogens is 1. The summed E-state index contributed by atoms with van der Waals surface area (Å²) in [6.45, 7) is 4.48. The van der Waals surface area contributed by atoms with Crippen molar-refractivity contribution < 1.29 is 4.39 Å². The lowest BCUT2D eigenvalue weighted by molar-refractivity contribution is 0.0459. The van der Waals surface area contributed by atoms with Gasteiger partial charge in [-0.1, -0.05) is 52.4 Å². The van der Waals surface area contributed by atoms with E-state index in [0.29, 0.717) is 0 Å². The molecule has 1 heteroatoms. The van der Waals surface area contributed by atoms with E-state index in [2.05, 4.69) is 13.8 Å². The van der Waals surface area contributed by atoms with E-state index in [-0.39, 0.29) is 0 Å². The van der Waals surface area contributed by atoms with Gasteiger partial charge in [-0.05, 0) is 62.7 Å². The third kappa shape index (κ3) is 4.46. The highest BCUT2D eigenvalue weighted by molar-refractivity contribution is 4.89. The number of hydrogen-bond acceptors (Lipinski definition) is 0. The van der Waals surface area contributed by atoms with Gasteiger partial charge in [0.2, 0.25) is 0 Å². The van der Waals surface area contributed by atoms with Crippen LogP contribution in [0.1, 0.15) is 97.3 Å². The Morgan fingerprint density at radius 2 is 1.45 bits per heavy atom. The monoisotopic (exact) mass is 282 g/mol. The van der Waals surface area contributed by atoms with E-state index in [9.17, 15) is 4.39 Å². The summed E-state index contributed by atoms with van der Waals surface area (Å²) >= 11 is 0. The Morgan fingerprint density at radius 1 is 0.850 bits per heavy atom. The van der Waals surface area contributed by atoms with Gasteiger partial charge in [-0.25, -0.2) is 4.39 Å². The topological polar surface area (TPSA) is 0 Å². The SMILES string of the molecule is CCCCC1(F)CCC([C@H]2CC[C@H](CCC)CC2)CC1. The molecule has 0 N–H and O–H groups in total. The molecule has 0 unspecified atom stereocenters. The zero-order valence-electron chi connectivity index (χ0n) is 13.8. The quantitative estimate of drug-likeness (QED) is 0.509. The van der Waals surface area contributed by atoms with Gasteiger partial charge in [0.25, 0.3) is 0 Å². The van der Waals surface area contributed by atoms with E-state index in [1.807, 2.05) is 0 Å². The zero-order valence-corrected chi connectivity index (χ0v) is 13.8. The summed E-state index contributed by atoms with van der Waals surface area (Å²) in [6.07, 6.45) is 15.6. The molecule has 118 valence electrons. The maximum Gasteiger partial charge on any atom is 0.111 e. The molecule has 0 saturated heterocycles. The Labute approximate surface area is 125 Å². The summed E-state index contributed by atoms with van der Waals surface area (Å²) in [5, 5.41) is 0. The van der Waals surface area contributed by atoms with Crippen molar-refractivity contribution in [2.45, 2.75) is 103 Å². The first-order valence-electron chi connectivity index (χ1n) is 9.35. The van der Waals surface area contributed by atoms with Crippen LogP contribution >= 0.6 is 0 Å². The van der Waals surface area contributed by atoms with Gasteiger partial charge in [-0.2, -0.15) is 0 Å². The predicted octanol–water partition coefficient (Wildman–Crippen LogP) is 6.68. The minimum absolute atomic E-state index is 0.800. The van der Waals surface area contributed by atoms with Crippen LogP contribution in [0.2, 0.25) is 0 Å². The second kappa shape index (κ2) is 7.80. The normalized spacial score (nSPS) is 38.9. The summed E-state index contributed by atoms with van der Waals surface area (Å²) in [7, 11) is 0. The fourth-order valence-electron chi connectivity index (χ4n) is 4.73. The molecule has 0 heterocycles. The molecule has 0 bridgehead atoms. The minimum Gasteiger partial charge on any atom is -0.244 e. The largest absolute Gasteiger partial charge is 0.244 e. The van der Waals surface area contributed by atoms with Crippen LogP contribution in [0.3, 0.4) is 0 Å². The highest BCUT2D eigenvalue weighted by Gasteiger charge is 2.37. The third-order valence-electron chi connectivity index (χ3n) is 6.16. The van der Waals surface area contributed by atoms with Crippen molar-refractivity contribution in [3.05, 3.63) is 0 Å². The van der Waals surface area contributed by atoms with Gasteiger partial charge in [-0.3, -0.25) is 0 Å². The molecule has 0 aromatic heterocycles. The lowest BCUT2D eigenvalue weighted by Gasteiger charge is -2.40. The smallest absolute Gasteiger partial charge is 0.111 e. The minimum atomic E-state index is -0.800. The predicted molar refractivity (Wildman–Crippen MR) is 85.7 cm³/mol. The Hall–Kier alpha value is -0.0700. The maximum atomic E-state index is 14.7. The van der Waals surface area contributed by atoms with Crippen LogP contribution in [0.4, 0.5) is 4.39 Å². The van der Waals surface area contributed by atoms with Crippen LogP contribution in [0.15, 0.2) is 0 Å². The van der Waals surface area contributed by atoms with Gasteiger partial charge in [0.1, 0.15) is 5.67 Å². The van der Waals surface area contributed by atoms with Crippen LogP contribution in [0.5, 0.6) is 0 Å². The molecule has 2 fully saturated rings. The summed E-state index contributed by atoms with van der Waals surface area (Å²) in [6, 6.07) is 0. The molecule has 0 atom stereocenters. The summed E-state index contributed by atoms with van der Waals surface area (Å²) in [5.41, 5.74) is -0.800. The molecule has 0 nitrogen and oxygen atoms in total. The second-order valence-corrected chi connectivity index (χ2v) is 7.66. The van der Waals surface area contributed by atoms with Crippen molar-refractivity contribution in [1.29, 1.82) is 0 Å². The van der Waals surface area contributed by atoms with Gasteiger partial charge in [0, 0.05) is 0 Å². The van der Waals surface area contributed by atoms with Crippen LogP contribution in [0, 0.1) is 17.8 Å². The van der Waals surface area contributed by atoms with Crippen molar-refractivity contribution in [1.82, 2.24) is 0 Å². The molecule has 2 aliphatic carbocycles. The van der Waals surface area contributed by atoms with Crippen molar-refractivity contribution in [3.8, 4) is 0 Å². The molecule has 0 amide bonds. The summed E-state index contributed by atoms with van der Waals surface area (Å²) in [5.74, 6) is 2.78. The zero-order chi connectivity index (χ0) is 14.4. The summed E-state index contributed by atoms with van der Waals surface area (Å²) in [4.78, 5) is 0. The van der Waals surface area contributed by atoms with Crippen LogP contribution < -0.4 is 0 Å². The molecular formula is C19H35F. The molecule has 20 heavy (non-hydrogen) atoms. The standard InChI is InChI=1S/C19H35F/c1-3-5-13-19(20)14-11-18(12-15-19)17-9-7-16(6-4-2)8-10-17/h16-18H,3-15H2,1-2H3/t16-,17-,18?,19?. The highest BCUT2D eigenvalue weighted by Crippen LogP contribution is 2.45. The van der Waals surface area contributed by atoms with Crippen LogP contribution in [0.25, 0.3) is 0 Å². The maximum absolute atomic E-state index is 14.7. The van der Waals surface area contributed by atoms with E-state index in [4.69, 9.17) is 0 Å². The number of unbranched alkanes of at least 4 members (excludes halogenated alkanes) is 1. The molecule has 2 aliphatic rings. The van der Waals surface area contributed by atoms with E-state index in [1.54, 1.807) is 0 Å². The van der Waals surface area contributed by atoms with E-state index in [0.717, 1.165) is 49.9 Å². The first kappa shape index (κ1) is 16.3. The lowest BCUT2D eigenvalue weighted by Crippen LogP contribution is -2.33. The first-order chi connectivity index (χ1) is 9.67. The summed E-state index contributed by atoms with van der Waals surface area (Å²) < 4.78 is 14.7. The molecule has 0 spiro atoms. The first-order valence-corrected chi connectivity index (χ1v) is 9.35. The Kier molecular flexibility index (Phi) is 6.36. The lowest BCUT2D eigenvalue weighted by atomic mass is 9.67. The third-order valence-corrected chi connectivity index (χ3v) is 6.16. The van der Waals surface area contributed by atoms with Gasteiger partial charge in [0.05, 0.1) is 0 Å².